The van der Waals surface area contributed by atoms with Gasteiger partial charge in [-0.05, 0) is 12.1 Å². The second-order valence-corrected chi connectivity index (χ2v) is 5.15. The Morgan fingerprint density at radius 3 is 2.20 bits per heavy atom. The lowest BCUT2D eigenvalue weighted by atomic mass is 10.1. The first-order chi connectivity index (χ1) is 12.0. The number of methoxy groups -OCH3 is 3. The van der Waals surface area contributed by atoms with Crippen LogP contribution in [0.5, 0.6) is 28.7 Å². The minimum Gasteiger partial charge on any atom is -0.507 e. The van der Waals surface area contributed by atoms with Crippen molar-refractivity contribution in [1.82, 2.24) is 0 Å². The molecule has 7 heteroatoms. The Hall–Kier alpha value is -3.35. The van der Waals surface area contributed by atoms with Gasteiger partial charge in [0.1, 0.15) is 16.9 Å². The molecule has 3 rings (SSSR count). The van der Waals surface area contributed by atoms with Crippen LogP contribution in [0.1, 0.15) is 0 Å². The number of phenolic OH excluding ortho intramolecular Hbond substituents is 2. The van der Waals surface area contributed by atoms with Crippen molar-refractivity contribution in [2.45, 2.75) is 0 Å². The van der Waals surface area contributed by atoms with E-state index in [2.05, 4.69) is 0 Å². The maximum absolute atomic E-state index is 12.8. The molecule has 0 aliphatic rings. The van der Waals surface area contributed by atoms with Crippen molar-refractivity contribution in [2.24, 2.45) is 0 Å². The van der Waals surface area contributed by atoms with Crippen LogP contribution in [0.25, 0.3) is 22.3 Å². The fourth-order valence-electron chi connectivity index (χ4n) is 2.66. The summed E-state index contributed by atoms with van der Waals surface area (Å²) in [4.78, 5) is 12.8. The molecular formula is C18H16O7. The summed E-state index contributed by atoms with van der Waals surface area (Å²) in [6, 6.07) is 7.61. The van der Waals surface area contributed by atoms with Crippen molar-refractivity contribution in [3.8, 4) is 40.1 Å². The SMILES string of the molecule is COc1cc(O)c2c(=O)c(OC)c(-c3ccccc3O)oc2c1OC. The third-order valence-corrected chi connectivity index (χ3v) is 3.80. The lowest BCUT2D eigenvalue weighted by molar-refractivity contribution is 0.348. The van der Waals surface area contributed by atoms with Crippen molar-refractivity contribution < 1.29 is 28.8 Å². The lowest BCUT2D eigenvalue weighted by Crippen LogP contribution is -2.09. The van der Waals surface area contributed by atoms with Gasteiger partial charge in [-0.15, -0.1) is 0 Å². The summed E-state index contributed by atoms with van der Waals surface area (Å²) in [5.41, 5.74) is -0.341. The minimum absolute atomic E-state index is 0.0107. The van der Waals surface area contributed by atoms with E-state index in [4.69, 9.17) is 18.6 Å². The monoisotopic (exact) mass is 344 g/mol. The molecule has 0 amide bonds. The number of hydrogen-bond acceptors (Lipinski definition) is 7. The van der Waals surface area contributed by atoms with Crippen molar-refractivity contribution in [3.63, 3.8) is 0 Å². The van der Waals surface area contributed by atoms with E-state index in [9.17, 15) is 15.0 Å². The maximum Gasteiger partial charge on any atom is 0.239 e. The molecule has 1 aromatic heterocycles. The van der Waals surface area contributed by atoms with Crippen LogP contribution in [0.2, 0.25) is 0 Å². The minimum atomic E-state index is -0.597. The Morgan fingerprint density at radius 2 is 1.60 bits per heavy atom. The predicted molar refractivity (Wildman–Crippen MR) is 90.9 cm³/mol. The number of fused-ring (bicyclic) bond motifs is 1. The highest BCUT2D eigenvalue weighted by atomic mass is 16.5. The molecule has 25 heavy (non-hydrogen) atoms. The van der Waals surface area contributed by atoms with Crippen LogP contribution in [-0.2, 0) is 0 Å². The van der Waals surface area contributed by atoms with Crippen LogP contribution in [0.3, 0.4) is 0 Å². The molecule has 2 aromatic carbocycles. The topological polar surface area (TPSA) is 98.4 Å². The molecule has 0 spiro atoms. The van der Waals surface area contributed by atoms with E-state index in [-0.39, 0.29) is 51.0 Å². The summed E-state index contributed by atoms with van der Waals surface area (Å²) in [5.74, 6) is -0.200. The Morgan fingerprint density at radius 1 is 0.920 bits per heavy atom. The van der Waals surface area contributed by atoms with Gasteiger partial charge in [0.15, 0.2) is 17.1 Å². The van der Waals surface area contributed by atoms with Gasteiger partial charge in [-0.1, -0.05) is 12.1 Å². The van der Waals surface area contributed by atoms with Crippen molar-refractivity contribution in [2.75, 3.05) is 21.3 Å². The smallest absolute Gasteiger partial charge is 0.239 e. The highest BCUT2D eigenvalue weighted by Crippen LogP contribution is 2.44. The molecule has 0 unspecified atom stereocenters. The second kappa shape index (κ2) is 6.27. The number of hydrogen-bond donors (Lipinski definition) is 2. The Labute approximate surface area is 142 Å². The van der Waals surface area contributed by atoms with Gasteiger partial charge >= 0.3 is 0 Å². The van der Waals surface area contributed by atoms with Gasteiger partial charge in [-0.25, -0.2) is 0 Å². The number of rotatable bonds is 4. The molecule has 0 saturated carbocycles. The van der Waals surface area contributed by atoms with Crippen LogP contribution in [0, 0.1) is 0 Å². The molecule has 7 nitrogen and oxygen atoms in total. The van der Waals surface area contributed by atoms with Crippen molar-refractivity contribution in [1.29, 1.82) is 0 Å². The van der Waals surface area contributed by atoms with E-state index in [1.165, 1.54) is 33.5 Å². The highest BCUT2D eigenvalue weighted by Gasteiger charge is 2.25. The summed E-state index contributed by atoms with van der Waals surface area (Å²) < 4.78 is 21.5. The summed E-state index contributed by atoms with van der Waals surface area (Å²) in [5, 5.41) is 20.2. The second-order valence-electron chi connectivity index (χ2n) is 5.15. The van der Waals surface area contributed by atoms with E-state index < -0.39 is 5.43 Å². The maximum atomic E-state index is 12.8. The first-order valence-corrected chi connectivity index (χ1v) is 7.30. The Balaban J connectivity index is 2.51. The summed E-state index contributed by atoms with van der Waals surface area (Å²) in [6.45, 7) is 0. The fraction of sp³-hybridized carbons (Fsp3) is 0.167. The van der Waals surface area contributed by atoms with E-state index in [1.54, 1.807) is 18.2 Å². The molecule has 2 N–H and O–H groups in total. The van der Waals surface area contributed by atoms with Crippen LogP contribution >= 0.6 is 0 Å². The standard InChI is InChI=1S/C18H16O7/c1-22-12-8-11(20)13-14(21)18(24-3)15(25-17(13)16(12)23-2)9-6-4-5-7-10(9)19/h4-8,19-20H,1-3H3. The molecule has 0 bridgehead atoms. The van der Waals surface area contributed by atoms with Crippen LogP contribution in [0.15, 0.2) is 39.5 Å². The highest BCUT2D eigenvalue weighted by molar-refractivity contribution is 5.93. The van der Waals surface area contributed by atoms with Crippen molar-refractivity contribution in [3.05, 3.63) is 40.6 Å². The van der Waals surface area contributed by atoms with Gasteiger partial charge < -0.3 is 28.8 Å². The zero-order valence-corrected chi connectivity index (χ0v) is 13.8. The summed E-state index contributed by atoms with van der Waals surface area (Å²) in [6.07, 6.45) is 0. The number of para-hydroxylation sites is 1. The van der Waals surface area contributed by atoms with E-state index >= 15 is 0 Å². The molecule has 0 aliphatic heterocycles. The Bertz CT molecular complexity index is 1000. The number of aromatic hydroxyl groups is 2. The molecule has 3 aromatic rings. The van der Waals surface area contributed by atoms with Gasteiger partial charge in [0, 0.05) is 6.07 Å². The largest absolute Gasteiger partial charge is 0.507 e. The van der Waals surface area contributed by atoms with Crippen LogP contribution in [-0.4, -0.2) is 31.5 Å². The number of benzene rings is 2. The predicted octanol–water partition coefficient (Wildman–Crippen LogP) is 2.90. The third kappa shape index (κ3) is 2.50. The molecule has 1 heterocycles. The zero-order chi connectivity index (χ0) is 18.1. The van der Waals surface area contributed by atoms with E-state index in [0.717, 1.165) is 0 Å². The summed E-state index contributed by atoms with van der Waals surface area (Å²) in [7, 11) is 4.09. The average Bonchev–Trinajstić information content (AvgIpc) is 2.61. The van der Waals surface area contributed by atoms with Gasteiger partial charge in [-0.2, -0.15) is 0 Å². The molecular weight excluding hydrogens is 328 g/mol. The fourth-order valence-corrected chi connectivity index (χ4v) is 2.66. The van der Waals surface area contributed by atoms with E-state index in [1.807, 2.05) is 0 Å². The van der Waals surface area contributed by atoms with Crippen LogP contribution < -0.4 is 19.6 Å². The van der Waals surface area contributed by atoms with Crippen LogP contribution in [0.4, 0.5) is 0 Å². The van der Waals surface area contributed by atoms with E-state index in [0.29, 0.717) is 0 Å². The molecule has 0 radical (unpaired) electrons. The third-order valence-electron chi connectivity index (χ3n) is 3.80. The summed E-state index contributed by atoms with van der Waals surface area (Å²) >= 11 is 0. The van der Waals surface area contributed by atoms with Gasteiger partial charge in [0.05, 0.1) is 26.9 Å². The Kier molecular flexibility index (Phi) is 4.14. The first-order valence-electron chi connectivity index (χ1n) is 7.30. The zero-order valence-electron chi connectivity index (χ0n) is 13.8. The van der Waals surface area contributed by atoms with Gasteiger partial charge in [0.25, 0.3) is 0 Å². The van der Waals surface area contributed by atoms with Crippen molar-refractivity contribution >= 4 is 11.0 Å². The molecule has 0 fully saturated rings. The number of ether oxygens (including phenoxy) is 3. The number of phenols is 2. The average molecular weight is 344 g/mol. The molecule has 0 saturated heterocycles. The molecule has 0 aliphatic carbocycles. The van der Waals surface area contributed by atoms with Gasteiger partial charge in [0.2, 0.25) is 16.9 Å². The normalized spacial score (nSPS) is 10.7. The lowest BCUT2D eigenvalue weighted by Gasteiger charge is -2.14. The molecule has 130 valence electrons. The molecule has 0 atom stereocenters. The first kappa shape index (κ1) is 16.5. The van der Waals surface area contributed by atoms with Gasteiger partial charge in [-0.3, -0.25) is 4.79 Å². The quantitative estimate of drug-likeness (QED) is 0.751.